The van der Waals surface area contributed by atoms with Crippen molar-refractivity contribution in [3.63, 3.8) is 0 Å². The van der Waals surface area contributed by atoms with Crippen molar-refractivity contribution in [2.45, 2.75) is 78.6 Å². The Kier molecular flexibility index (Phi) is 3.18. The van der Waals surface area contributed by atoms with Crippen LogP contribution < -0.4 is 0 Å². The van der Waals surface area contributed by atoms with E-state index in [-0.39, 0.29) is 0 Å². The number of hydrogen-bond acceptors (Lipinski definition) is 0. The Morgan fingerprint density at radius 2 is 1.86 bits per heavy atom. The van der Waals surface area contributed by atoms with Crippen molar-refractivity contribution in [1.29, 1.82) is 0 Å². The smallest absolute Gasteiger partial charge is 0.00823 e. The van der Waals surface area contributed by atoms with Gasteiger partial charge >= 0.3 is 0 Å². The van der Waals surface area contributed by atoms with Crippen LogP contribution in [0.15, 0.2) is 23.3 Å². The van der Waals surface area contributed by atoms with Crippen LogP contribution in [0.4, 0.5) is 0 Å². The zero-order valence-corrected chi connectivity index (χ0v) is 14.3. The second-order valence-corrected chi connectivity index (χ2v) is 8.74. The summed E-state index contributed by atoms with van der Waals surface area (Å²) in [6, 6.07) is 0. The Morgan fingerprint density at radius 3 is 2.67 bits per heavy atom. The van der Waals surface area contributed by atoms with Gasteiger partial charge in [0.05, 0.1) is 0 Å². The van der Waals surface area contributed by atoms with Crippen LogP contribution in [0.25, 0.3) is 0 Å². The van der Waals surface area contributed by atoms with Crippen LogP contribution in [0.5, 0.6) is 0 Å². The van der Waals surface area contributed by atoms with Gasteiger partial charge in [0, 0.05) is 0 Å². The zero-order valence-electron chi connectivity index (χ0n) is 14.3. The van der Waals surface area contributed by atoms with Crippen molar-refractivity contribution < 1.29 is 0 Å². The Morgan fingerprint density at radius 1 is 1.00 bits per heavy atom. The van der Waals surface area contributed by atoms with Gasteiger partial charge in [-0.3, -0.25) is 0 Å². The van der Waals surface area contributed by atoms with Crippen LogP contribution in [-0.4, -0.2) is 0 Å². The highest BCUT2D eigenvalue weighted by Crippen LogP contribution is 2.65. The molecule has 0 unspecified atom stereocenters. The molecule has 0 nitrogen and oxygen atoms in total. The molecule has 0 heteroatoms. The molecule has 0 radical (unpaired) electrons. The Bertz CT molecular complexity index is 496. The first-order chi connectivity index (χ1) is 10.1. The van der Waals surface area contributed by atoms with Crippen molar-refractivity contribution in [3.05, 3.63) is 23.3 Å². The third-order valence-electron chi connectivity index (χ3n) is 8.14. The number of hydrogen-bond donors (Lipinski definition) is 0. The van der Waals surface area contributed by atoms with E-state index >= 15 is 0 Å². The molecule has 5 atom stereocenters. The summed E-state index contributed by atoms with van der Waals surface area (Å²) in [6.07, 6.45) is 18.1. The van der Waals surface area contributed by atoms with E-state index < -0.39 is 0 Å². The van der Waals surface area contributed by atoms with Gasteiger partial charge in [-0.25, -0.2) is 0 Å². The van der Waals surface area contributed by atoms with E-state index in [1.54, 1.807) is 5.57 Å². The second-order valence-electron chi connectivity index (χ2n) is 8.74. The summed E-state index contributed by atoms with van der Waals surface area (Å²) in [5.74, 6) is 2.90. The van der Waals surface area contributed by atoms with E-state index in [4.69, 9.17) is 0 Å². The molecule has 0 aromatic heterocycles. The Balaban J connectivity index is 1.68. The second kappa shape index (κ2) is 4.74. The van der Waals surface area contributed by atoms with Gasteiger partial charge in [-0.05, 0) is 80.0 Å². The number of fused-ring (bicyclic) bond motifs is 5. The topological polar surface area (TPSA) is 0 Å². The van der Waals surface area contributed by atoms with Crippen LogP contribution in [0.1, 0.15) is 78.6 Å². The highest BCUT2D eigenvalue weighted by atomic mass is 14.6. The molecule has 0 aliphatic heterocycles. The lowest BCUT2D eigenvalue weighted by Gasteiger charge is -2.57. The lowest BCUT2D eigenvalue weighted by Crippen LogP contribution is -2.48. The SMILES string of the molecule is CCC1=CC[C@H]2[C@@H]3CC=C4CCCC[C@]4(C)[C@H]3CC[C@]12C. The molecule has 0 heterocycles. The summed E-state index contributed by atoms with van der Waals surface area (Å²) >= 11 is 0. The van der Waals surface area contributed by atoms with Gasteiger partial charge in [-0.2, -0.15) is 0 Å². The van der Waals surface area contributed by atoms with Crippen molar-refractivity contribution in [2.24, 2.45) is 28.6 Å². The molecule has 0 saturated heterocycles. The van der Waals surface area contributed by atoms with Gasteiger partial charge in [-0.1, -0.05) is 50.5 Å². The fourth-order valence-electron chi connectivity index (χ4n) is 6.90. The first kappa shape index (κ1) is 14.1. The monoisotopic (exact) mass is 284 g/mol. The lowest BCUT2D eigenvalue weighted by atomic mass is 9.47. The van der Waals surface area contributed by atoms with Crippen molar-refractivity contribution >= 4 is 0 Å². The van der Waals surface area contributed by atoms with E-state index in [1.807, 2.05) is 5.57 Å². The van der Waals surface area contributed by atoms with E-state index in [1.165, 1.54) is 57.8 Å². The normalized spacial score (nSPS) is 48.8. The fraction of sp³-hybridized carbons (Fsp3) is 0.810. The summed E-state index contributed by atoms with van der Waals surface area (Å²) in [5.41, 5.74) is 4.75. The molecule has 0 spiro atoms. The van der Waals surface area contributed by atoms with Gasteiger partial charge in [-0.15, -0.1) is 0 Å². The third-order valence-corrected chi connectivity index (χ3v) is 8.14. The summed E-state index contributed by atoms with van der Waals surface area (Å²) in [5, 5.41) is 0. The molecule has 0 aromatic carbocycles. The average Bonchev–Trinajstić information content (AvgIpc) is 2.83. The van der Waals surface area contributed by atoms with Gasteiger partial charge < -0.3 is 0 Å². The van der Waals surface area contributed by atoms with Crippen molar-refractivity contribution in [3.8, 4) is 0 Å². The molecule has 0 aromatic rings. The number of allylic oxidation sites excluding steroid dienone is 4. The predicted molar refractivity (Wildman–Crippen MR) is 90.1 cm³/mol. The number of rotatable bonds is 1. The Labute approximate surface area is 131 Å². The maximum Gasteiger partial charge on any atom is -0.00823 e. The molecule has 116 valence electrons. The molecular weight excluding hydrogens is 252 g/mol. The molecule has 21 heavy (non-hydrogen) atoms. The summed E-state index contributed by atoms with van der Waals surface area (Å²) < 4.78 is 0. The molecule has 0 N–H and O–H groups in total. The van der Waals surface area contributed by atoms with Crippen LogP contribution in [0.2, 0.25) is 0 Å². The molecule has 0 bridgehead atoms. The van der Waals surface area contributed by atoms with Gasteiger partial charge in [0.1, 0.15) is 0 Å². The van der Waals surface area contributed by atoms with Crippen LogP contribution in [-0.2, 0) is 0 Å². The molecule has 2 fully saturated rings. The Hall–Kier alpha value is -0.520. The van der Waals surface area contributed by atoms with E-state index in [9.17, 15) is 0 Å². The van der Waals surface area contributed by atoms with Crippen LogP contribution in [0, 0.1) is 28.6 Å². The van der Waals surface area contributed by atoms with Crippen LogP contribution in [0.3, 0.4) is 0 Å². The summed E-state index contributed by atoms with van der Waals surface area (Å²) in [7, 11) is 0. The zero-order chi connectivity index (χ0) is 14.7. The summed E-state index contributed by atoms with van der Waals surface area (Å²) in [6.45, 7) is 7.59. The van der Waals surface area contributed by atoms with Crippen molar-refractivity contribution in [1.82, 2.24) is 0 Å². The largest absolute Gasteiger partial charge is 0.0845 e. The first-order valence-corrected chi connectivity index (χ1v) is 9.48. The van der Waals surface area contributed by atoms with E-state index in [2.05, 4.69) is 32.9 Å². The minimum absolute atomic E-state index is 0.548. The lowest BCUT2D eigenvalue weighted by molar-refractivity contribution is -0.0174. The third kappa shape index (κ3) is 1.80. The van der Waals surface area contributed by atoms with E-state index in [0.29, 0.717) is 10.8 Å². The maximum atomic E-state index is 2.69. The minimum atomic E-state index is 0.548. The standard InChI is InChI=1S/C21H32/c1-4-15-9-11-18-17-10-8-16-7-5-6-13-20(16,2)19(17)12-14-21(15,18)3/h8-9,17-19H,4-7,10-14H2,1-3H3/t17-,18-,19-,20-,21+/m0/s1. The molecule has 4 aliphatic rings. The molecular formula is C21H32. The molecule has 2 saturated carbocycles. The highest BCUT2D eigenvalue weighted by molar-refractivity contribution is 5.29. The van der Waals surface area contributed by atoms with Crippen LogP contribution >= 0.6 is 0 Å². The molecule has 4 rings (SSSR count). The fourth-order valence-corrected chi connectivity index (χ4v) is 6.90. The predicted octanol–water partition coefficient (Wildman–Crippen LogP) is 6.29. The van der Waals surface area contributed by atoms with Crippen molar-refractivity contribution in [2.75, 3.05) is 0 Å². The average molecular weight is 284 g/mol. The first-order valence-electron chi connectivity index (χ1n) is 9.48. The molecule has 4 aliphatic carbocycles. The van der Waals surface area contributed by atoms with E-state index in [0.717, 1.165) is 17.8 Å². The maximum absolute atomic E-state index is 2.69. The van der Waals surface area contributed by atoms with Gasteiger partial charge in [0.25, 0.3) is 0 Å². The van der Waals surface area contributed by atoms with Gasteiger partial charge in [0.2, 0.25) is 0 Å². The summed E-state index contributed by atoms with van der Waals surface area (Å²) in [4.78, 5) is 0. The highest BCUT2D eigenvalue weighted by Gasteiger charge is 2.55. The molecule has 0 amide bonds. The minimum Gasteiger partial charge on any atom is -0.0845 e. The van der Waals surface area contributed by atoms with Gasteiger partial charge in [0.15, 0.2) is 0 Å². The quantitative estimate of drug-likeness (QED) is 0.497.